The van der Waals surface area contributed by atoms with Crippen LogP contribution in [0.5, 0.6) is 0 Å². The Hall–Kier alpha value is -2.96. The van der Waals surface area contributed by atoms with E-state index in [1.165, 1.54) is 36.5 Å². The highest BCUT2D eigenvalue weighted by molar-refractivity contribution is 5.88. The van der Waals surface area contributed by atoms with Gasteiger partial charge in [0.1, 0.15) is 0 Å². The number of nitrogens with one attached hydrogen (secondary N) is 2. The van der Waals surface area contributed by atoms with E-state index in [0.717, 1.165) is 0 Å². The molecule has 0 unspecified atom stereocenters. The highest BCUT2D eigenvalue weighted by Crippen LogP contribution is 2.12. The van der Waals surface area contributed by atoms with E-state index in [1.807, 2.05) is 4.98 Å². The molecule has 1 aromatic heterocycles. The molecule has 0 amide bonds. The SMILES string of the molecule is O=C(O)c1ccc(N=Cc2cc(=O)[nH]c(=O)[nH]2)cc1. The number of hydrogen-bond donors (Lipinski definition) is 3. The van der Waals surface area contributed by atoms with Crippen molar-refractivity contribution in [3.8, 4) is 0 Å². The van der Waals surface area contributed by atoms with Gasteiger partial charge in [-0.15, -0.1) is 0 Å². The highest BCUT2D eigenvalue weighted by atomic mass is 16.4. The van der Waals surface area contributed by atoms with Crippen molar-refractivity contribution < 1.29 is 9.90 Å². The smallest absolute Gasteiger partial charge is 0.335 e. The molecule has 0 aliphatic carbocycles. The normalized spacial score (nSPS) is 10.7. The van der Waals surface area contributed by atoms with Crippen LogP contribution in [0.1, 0.15) is 16.1 Å². The number of aromatic amines is 2. The van der Waals surface area contributed by atoms with Gasteiger partial charge >= 0.3 is 11.7 Å². The molecule has 96 valence electrons. The molecule has 0 radical (unpaired) electrons. The van der Waals surface area contributed by atoms with Gasteiger partial charge in [0.05, 0.1) is 23.2 Å². The summed E-state index contributed by atoms with van der Waals surface area (Å²) in [5.74, 6) is -1.02. The lowest BCUT2D eigenvalue weighted by Crippen LogP contribution is -2.22. The first-order chi connectivity index (χ1) is 9.04. The maximum atomic E-state index is 11.0. The zero-order valence-corrected chi connectivity index (χ0v) is 9.58. The van der Waals surface area contributed by atoms with Crippen LogP contribution in [-0.2, 0) is 0 Å². The summed E-state index contributed by atoms with van der Waals surface area (Å²) >= 11 is 0. The molecule has 2 aromatic rings. The van der Waals surface area contributed by atoms with E-state index in [-0.39, 0.29) is 11.3 Å². The maximum Gasteiger partial charge on any atom is 0.335 e. The van der Waals surface area contributed by atoms with Crippen molar-refractivity contribution in [2.75, 3.05) is 0 Å². The Morgan fingerprint density at radius 1 is 1.16 bits per heavy atom. The van der Waals surface area contributed by atoms with Gasteiger partial charge in [0.25, 0.3) is 5.56 Å². The van der Waals surface area contributed by atoms with Gasteiger partial charge in [-0.1, -0.05) is 0 Å². The number of benzene rings is 1. The average Bonchev–Trinajstić information content (AvgIpc) is 2.36. The van der Waals surface area contributed by atoms with Crippen LogP contribution >= 0.6 is 0 Å². The second kappa shape index (κ2) is 5.13. The summed E-state index contributed by atoms with van der Waals surface area (Å²) in [5, 5.41) is 8.73. The molecular formula is C12H9N3O4. The first-order valence-corrected chi connectivity index (χ1v) is 5.26. The van der Waals surface area contributed by atoms with Gasteiger partial charge in [0.2, 0.25) is 0 Å². The van der Waals surface area contributed by atoms with Crippen molar-refractivity contribution in [1.82, 2.24) is 9.97 Å². The number of hydrogen-bond acceptors (Lipinski definition) is 4. The van der Waals surface area contributed by atoms with Gasteiger partial charge in [0.15, 0.2) is 0 Å². The third kappa shape index (κ3) is 3.25. The number of carboxylic acid groups (broad SMARTS) is 1. The zero-order valence-electron chi connectivity index (χ0n) is 9.58. The number of nitrogens with zero attached hydrogens (tertiary/aromatic N) is 1. The third-order valence-corrected chi connectivity index (χ3v) is 2.25. The Bertz CT molecular complexity index is 712. The lowest BCUT2D eigenvalue weighted by molar-refractivity contribution is 0.0697. The highest BCUT2D eigenvalue weighted by Gasteiger charge is 2.00. The molecule has 0 atom stereocenters. The number of rotatable bonds is 3. The van der Waals surface area contributed by atoms with E-state index in [0.29, 0.717) is 5.69 Å². The monoisotopic (exact) mass is 259 g/mol. The topological polar surface area (TPSA) is 115 Å². The molecule has 0 bridgehead atoms. The third-order valence-electron chi connectivity index (χ3n) is 2.25. The first kappa shape index (κ1) is 12.5. The zero-order chi connectivity index (χ0) is 13.8. The minimum Gasteiger partial charge on any atom is -0.478 e. The number of aliphatic imine (C=N–C) groups is 1. The van der Waals surface area contributed by atoms with E-state index in [9.17, 15) is 14.4 Å². The average molecular weight is 259 g/mol. The Morgan fingerprint density at radius 3 is 2.42 bits per heavy atom. The molecule has 7 nitrogen and oxygen atoms in total. The fraction of sp³-hybridized carbons (Fsp3) is 0. The van der Waals surface area contributed by atoms with E-state index in [2.05, 4.69) is 9.98 Å². The van der Waals surface area contributed by atoms with E-state index < -0.39 is 17.2 Å². The molecule has 0 aliphatic rings. The van der Waals surface area contributed by atoms with Gasteiger partial charge in [-0.2, -0.15) is 0 Å². The molecule has 0 fully saturated rings. The molecule has 7 heteroatoms. The van der Waals surface area contributed by atoms with Crippen molar-refractivity contribution in [2.24, 2.45) is 4.99 Å². The van der Waals surface area contributed by atoms with Crippen molar-refractivity contribution in [3.05, 3.63) is 62.4 Å². The van der Waals surface area contributed by atoms with Crippen LogP contribution in [0, 0.1) is 0 Å². The van der Waals surface area contributed by atoms with E-state index in [1.54, 1.807) is 0 Å². The first-order valence-electron chi connectivity index (χ1n) is 5.26. The lowest BCUT2D eigenvalue weighted by atomic mass is 10.2. The van der Waals surface area contributed by atoms with E-state index >= 15 is 0 Å². The van der Waals surface area contributed by atoms with Gasteiger partial charge in [-0.05, 0) is 24.3 Å². The molecule has 0 saturated heterocycles. The van der Waals surface area contributed by atoms with Gasteiger partial charge in [0, 0.05) is 6.07 Å². The minimum absolute atomic E-state index is 0.156. The number of H-pyrrole nitrogens is 2. The molecule has 19 heavy (non-hydrogen) atoms. The summed E-state index contributed by atoms with van der Waals surface area (Å²) in [7, 11) is 0. The number of carboxylic acids is 1. The van der Waals surface area contributed by atoms with Crippen LogP contribution in [0.25, 0.3) is 0 Å². The number of aromatic carboxylic acids is 1. The quantitative estimate of drug-likeness (QED) is 0.696. The van der Waals surface area contributed by atoms with E-state index in [4.69, 9.17) is 5.11 Å². The van der Waals surface area contributed by atoms with Crippen LogP contribution < -0.4 is 11.2 Å². The largest absolute Gasteiger partial charge is 0.478 e. The molecule has 0 aliphatic heterocycles. The Kier molecular flexibility index (Phi) is 3.37. The summed E-state index contributed by atoms with van der Waals surface area (Å²) in [6, 6.07) is 7.05. The fourth-order valence-corrected chi connectivity index (χ4v) is 1.39. The molecule has 0 saturated carbocycles. The predicted molar refractivity (Wildman–Crippen MR) is 68.3 cm³/mol. The Balaban J connectivity index is 2.25. The Labute approximate surface area is 106 Å². The molecular weight excluding hydrogens is 250 g/mol. The summed E-state index contributed by atoms with van der Waals surface area (Å²) in [6.45, 7) is 0. The fourth-order valence-electron chi connectivity index (χ4n) is 1.39. The summed E-state index contributed by atoms with van der Waals surface area (Å²) < 4.78 is 0. The van der Waals surface area contributed by atoms with Crippen molar-refractivity contribution in [1.29, 1.82) is 0 Å². The van der Waals surface area contributed by atoms with Crippen LogP contribution in [0.3, 0.4) is 0 Å². The van der Waals surface area contributed by atoms with Gasteiger partial charge < -0.3 is 10.1 Å². The Morgan fingerprint density at radius 2 is 1.84 bits per heavy atom. The lowest BCUT2D eigenvalue weighted by Gasteiger charge is -1.96. The van der Waals surface area contributed by atoms with Crippen molar-refractivity contribution in [2.45, 2.75) is 0 Å². The van der Waals surface area contributed by atoms with Crippen LogP contribution in [-0.4, -0.2) is 27.3 Å². The van der Waals surface area contributed by atoms with Crippen LogP contribution in [0.15, 0.2) is 44.9 Å². The van der Waals surface area contributed by atoms with Crippen LogP contribution in [0.4, 0.5) is 5.69 Å². The predicted octanol–water partition coefficient (Wildman–Crippen LogP) is 0.512. The summed E-state index contributed by atoms with van der Waals surface area (Å²) in [4.78, 5) is 41.1. The second-order valence-electron chi connectivity index (χ2n) is 3.65. The molecule has 3 N–H and O–H groups in total. The number of aromatic nitrogens is 2. The molecule has 0 spiro atoms. The summed E-state index contributed by atoms with van der Waals surface area (Å²) in [5.41, 5.74) is -0.215. The summed E-state index contributed by atoms with van der Waals surface area (Å²) in [6.07, 6.45) is 1.31. The maximum absolute atomic E-state index is 11.0. The van der Waals surface area contributed by atoms with Gasteiger partial charge in [-0.25, -0.2) is 9.59 Å². The van der Waals surface area contributed by atoms with Crippen molar-refractivity contribution >= 4 is 17.9 Å². The van der Waals surface area contributed by atoms with Gasteiger partial charge in [-0.3, -0.25) is 14.8 Å². The number of carbonyl (C=O) groups is 1. The molecule has 1 aromatic carbocycles. The second-order valence-corrected chi connectivity index (χ2v) is 3.65. The van der Waals surface area contributed by atoms with Crippen LogP contribution in [0.2, 0.25) is 0 Å². The van der Waals surface area contributed by atoms with Crippen molar-refractivity contribution in [3.63, 3.8) is 0 Å². The minimum atomic E-state index is -1.02. The molecule has 1 heterocycles. The standard InChI is InChI=1S/C12H9N3O4/c16-10-5-9(14-12(19)15-10)6-13-8-3-1-7(2-4-8)11(17)18/h1-6H,(H,17,18)(H2,14,15,16,19). The molecule has 2 rings (SSSR count).